The number of nitrogens with zero attached hydrogens (tertiary/aromatic N) is 3. The maximum absolute atomic E-state index is 16.0. The van der Waals surface area contributed by atoms with Gasteiger partial charge in [-0.1, -0.05) is 127 Å². The summed E-state index contributed by atoms with van der Waals surface area (Å²) in [4.78, 5) is 14.3. The SMILES string of the molecule is [2H]C([2H])([2H])c1cc(-c2ccc(F)cc2)ncc1CCc1cc(CCc2cnc(-c3ccc(F)cc3)cc2C([2H])([2H])[2H])cc(-c2cc(F)ccc2-c2cnc(-c3ccccc3)cc2-c2ccc(-c3cccc(-c4ccccc4)c3)cc2)c1. The van der Waals surface area contributed by atoms with Gasteiger partial charge in [-0.05, 0) is 208 Å². The van der Waals surface area contributed by atoms with Gasteiger partial charge in [0.15, 0.2) is 0 Å². The Kier molecular flexibility index (Phi) is 11.9. The van der Waals surface area contributed by atoms with Gasteiger partial charge in [0.2, 0.25) is 0 Å². The zero-order chi connectivity index (χ0) is 56.3. The summed E-state index contributed by atoms with van der Waals surface area (Å²) in [5.41, 5.74) is 15.5. The van der Waals surface area contributed by atoms with Crippen LogP contribution in [0.5, 0.6) is 0 Å². The van der Waals surface area contributed by atoms with Gasteiger partial charge in [0, 0.05) is 49.1 Å². The van der Waals surface area contributed by atoms with Crippen LogP contribution in [0.15, 0.2) is 231 Å². The molecule has 3 nitrogen and oxygen atoms in total. The van der Waals surface area contributed by atoms with Crippen molar-refractivity contribution in [2.75, 3.05) is 0 Å². The Morgan fingerprint density at radius 3 is 1.31 bits per heavy atom. The Balaban J connectivity index is 1.01. The van der Waals surface area contributed by atoms with Crippen LogP contribution >= 0.6 is 0 Å². The largest absolute Gasteiger partial charge is 0.256 e. The summed E-state index contributed by atoms with van der Waals surface area (Å²) in [6, 6.07) is 64.4. The van der Waals surface area contributed by atoms with E-state index in [0.29, 0.717) is 57.6 Å². The fourth-order valence-corrected chi connectivity index (χ4v) is 9.70. The molecular formula is C69H52F3N3. The van der Waals surface area contributed by atoms with Crippen molar-refractivity contribution in [3.8, 4) is 89.4 Å². The molecule has 0 unspecified atom stereocenters. The van der Waals surface area contributed by atoms with E-state index in [-0.39, 0.29) is 24.0 Å². The molecule has 0 radical (unpaired) electrons. The first kappa shape index (κ1) is 41.5. The van der Waals surface area contributed by atoms with Crippen LogP contribution in [-0.4, -0.2) is 15.0 Å². The maximum atomic E-state index is 16.0. The van der Waals surface area contributed by atoms with Crippen molar-refractivity contribution in [2.24, 2.45) is 0 Å². The molecule has 11 aromatic rings. The maximum Gasteiger partial charge on any atom is 0.123 e. The van der Waals surface area contributed by atoms with Crippen molar-refractivity contribution < 1.29 is 21.4 Å². The standard InChI is InChI=1S/C69H52F3N3/c1-45-34-67(53-24-28-60(70)29-25-53)73-42-57(45)18-16-47-36-48(17-19-58-43-74-68(35-46(58)2)54-26-30-61(71)31-27-54)38-59(37-47)64-40-62(72)32-33-63(64)66-44-75-69(52-12-7-4-8-13-52)41-65(66)51-22-20-50(21-23-51)56-15-9-14-55(39-56)49-10-5-3-6-11-49/h3-15,20-44H,16-19H2,1-2H3/i1D3,2D3. The first-order chi connectivity index (χ1) is 39.1. The van der Waals surface area contributed by atoms with E-state index in [1.165, 1.54) is 36.4 Å². The zero-order valence-electron chi connectivity index (χ0n) is 46.7. The molecular weight excluding hydrogens is 928 g/mol. The Morgan fingerprint density at radius 1 is 0.307 bits per heavy atom. The third-order valence-corrected chi connectivity index (χ3v) is 13.7. The number of benzene rings is 8. The van der Waals surface area contributed by atoms with E-state index in [2.05, 4.69) is 76.7 Å². The highest BCUT2D eigenvalue weighted by Gasteiger charge is 2.19. The van der Waals surface area contributed by atoms with E-state index in [0.717, 1.165) is 66.9 Å². The van der Waals surface area contributed by atoms with Crippen LogP contribution in [0.3, 0.4) is 0 Å². The molecule has 0 bridgehead atoms. The lowest BCUT2D eigenvalue weighted by molar-refractivity contribution is 0.627. The number of pyridine rings is 3. The molecule has 75 heavy (non-hydrogen) atoms. The van der Waals surface area contributed by atoms with E-state index in [4.69, 9.17) is 13.2 Å². The highest BCUT2D eigenvalue weighted by molar-refractivity contribution is 5.93. The molecule has 0 aliphatic rings. The third-order valence-electron chi connectivity index (χ3n) is 13.7. The molecule has 0 fully saturated rings. The summed E-state index contributed by atoms with van der Waals surface area (Å²) in [5.74, 6) is -1.29. The van der Waals surface area contributed by atoms with Gasteiger partial charge in [0.25, 0.3) is 0 Å². The molecule has 3 heterocycles. The second-order valence-electron chi connectivity index (χ2n) is 18.7. The van der Waals surface area contributed by atoms with Gasteiger partial charge in [-0.25, -0.2) is 13.2 Å². The van der Waals surface area contributed by atoms with E-state index in [1.807, 2.05) is 72.9 Å². The van der Waals surface area contributed by atoms with Gasteiger partial charge in [-0.2, -0.15) is 0 Å². The van der Waals surface area contributed by atoms with E-state index < -0.39 is 31.2 Å². The van der Waals surface area contributed by atoms with Crippen LogP contribution in [0, 0.1) is 31.2 Å². The van der Waals surface area contributed by atoms with Crippen LogP contribution in [0.25, 0.3) is 89.4 Å². The quantitative estimate of drug-likeness (QED) is 0.109. The molecule has 0 saturated carbocycles. The number of hydrogen-bond donors (Lipinski definition) is 0. The number of halogens is 3. The Hall–Kier alpha value is -9.00. The summed E-state index contributed by atoms with van der Waals surface area (Å²) in [7, 11) is 0. The van der Waals surface area contributed by atoms with Gasteiger partial charge < -0.3 is 0 Å². The van der Waals surface area contributed by atoms with Crippen LogP contribution in [0.2, 0.25) is 0 Å². The van der Waals surface area contributed by atoms with Crippen LogP contribution in [0.1, 0.15) is 41.6 Å². The van der Waals surface area contributed by atoms with Crippen molar-refractivity contribution in [1.82, 2.24) is 15.0 Å². The number of rotatable bonds is 14. The first-order valence-corrected chi connectivity index (χ1v) is 24.9. The Morgan fingerprint density at radius 2 is 0.747 bits per heavy atom. The Labute approximate surface area is 445 Å². The molecule has 0 N–H and O–H groups in total. The lowest BCUT2D eigenvalue weighted by Gasteiger charge is -2.18. The van der Waals surface area contributed by atoms with Crippen LogP contribution in [-0.2, 0) is 25.7 Å². The molecule has 0 saturated heterocycles. The van der Waals surface area contributed by atoms with Gasteiger partial charge in [-0.3, -0.25) is 15.0 Å². The fraction of sp³-hybridized carbons (Fsp3) is 0.0870. The van der Waals surface area contributed by atoms with Crippen molar-refractivity contribution in [2.45, 2.75) is 39.4 Å². The number of aromatic nitrogens is 3. The lowest BCUT2D eigenvalue weighted by Crippen LogP contribution is -2.01. The van der Waals surface area contributed by atoms with E-state index in [1.54, 1.807) is 54.9 Å². The van der Waals surface area contributed by atoms with E-state index in [9.17, 15) is 8.78 Å². The molecule has 0 spiro atoms. The normalized spacial score (nSPS) is 12.7. The second kappa shape index (κ2) is 21.6. The predicted octanol–water partition coefficient (Wildman–Crippen LogP) is 17.8. The number of hydrogen-bond acceptors (Lipinski definition) is 3. The predicted molar refractivity (Wildman–Crippen MR) is 300 cm³/mol. The molecule has 6 heteroatoms. The first-order valence-electron chi connectivity index (χ1n) is 27.9. The Bertz CT molecular complexity index is 3910. The summed E-state index contributed by atoms with van der Waals surface area (Å²) >= 11 is 0. The minimum absolute atomic E-state index is 0.127. The molecule has 8 aromatic carbocycles. The van der Waals surface area contributed by atoms with Crippen molar-refractivity contribution in [3.63, 3.8) is 0 Å². The minimum atomic E-state index is -2.49. The molecule has 0 aliphatic heterocycles. The molecule has 3 aromatic heterocycles. The van der Waals surface area contributed by atoms with Gasteiger partial charge in [-0.15, -0.1) is 0 Å². The highest BCUT2D eigenvalue weighted by atomic mass is 19.1. The topological polar surface area (TPSA) is 38.7 Å². The minimum Gasteiger partial charge on any atom is -0.256 e. The van der Waals surface area contributed by atoms with Crippen molar-refractivity contribution in [1.29, 1.82) is 0 Å². The summed E-state index contributed by atoms with van der Waals surface area (Å²) in [6.07, 6.45) is 6.26. The highest BCUT2D eigenvalue weighted by Crippen LogP contribution is 2.41. The van der Waals surface area contributed by atoms with Gasteiger partial charge in [0.05, 0.1) is 17.1 Å². The molecule has 0 atom stereocenters. The molecule has 364 valence electrons. The third kappa shape index (κ3) is 11.0. The van der Waals surface area contributed by atoms with E-state index >= 15 is 4.39 Å². The monoisotopic (exact) mass is 985 g/mol. The van der Waals surface area contributed by atoms with Crippen LogP contribution in [0.4, 0.5) is 13.2 Å². The second-order valence-corrected chi connectivity index (χ2v) is 18.7. The summed E-state index contributed by atoms with van der Waals surface area (Å²) in [5, 5.41) is 0. The summed E-state index contributed by atoms with van der Waals surface area (Å²) in [6.45, 7) is -4.99. The van der Waals surface area contributed by atoms with Crippen molar-refractivity contribution >= 4 is 0 Å². The van der Waals surface area contributed by atoms with Crippen LogP contribution < -0.4 is 0 Å². The zero-order valence-corrected chi connectivity index (χ0v) is 40.7. The lowest BCUT2D eigenvalue weighted by atomic mass is 9.87. The molecule has 0 amide bonds. The smallest absolute Gasteiger partial charge is 0.123 e. The summed E-state index contributed by atoms with van der Waals surface area (Å²) < 4.78 is 95.0. The van der Waals surface area contributed by atoms with Gasteiger partial charge >= 0.3 is 0 Å². The molecule has 0 aliphatic carbocycles. The average molecular weight is 986 g/mol. The van der Waals surface area contributed by atoms with Crippen molar-refractivity contribution in [3.05, 3.63) is 282 Å². The van der Waals surface area contributed by atoms with Gasteiger partial charge in [0.1, 0.15) is 17.5 Å². The average Bonchev–Trinajstić information content (AvgIpc) is 3.65. The fourth-order valence-electron chi connectivity index (χ4n) is 9.70. The number of aryl methyl sites for hydroxylation is 6. The molecule has 11 rings (SSSR count).